The Kier molecular flexibility index (Phi) is 0.601. The highest BCUT2D eigenvalue weighted by Crippen LogP contribution is 2.96. The molecule has 1 nitrogen and oxygen atoms in total. The summed E-state index contributed by atoms with van der Waals surface area (Å²) in [6.45, 7) is 0. The van der Waals surface area contributed by atoms with Crippen LogP contribution in [0.25, 0.3) is 0 Å². The average Bonchev–Trinajstić information content (AvgIpc) is 2.94. The molecule has 2 bridgehead atoms. The molecule has 6 aliphatic carbocycles. The second kappa shape index (κ2) is 1.28. The van der Waals surface area contributed by atoms with Crippen LogP contribution in [0.15, 0.2) is 0 Å². The number of hydrogen-bond acceptors (Lipinski definition) is 1. The van der Waals surface area contributed by atoms with E-state index >= 15 is 0 Å². The molecule has 0 aromatic heterocycles. The molecule has 0 aliphatic heterocycles. The lowest BCUT2D eigenvalue weighted by Crippen LogP contribution is -2.39. The second-order valence-electron chi connectivity index (χ2n) is 5.85. The van der Waals surface area contributed by atoms with E-state index in [4.69, 9.17) is 6.42 Å². The van der Waals surface area contributed by atoms with Crippen LogP contribution < -0.4 is 0 Å². The molecule has 0 radical (unpaired) electrons. The van der Waals surface area contributed by atoms with Crippen molar-refractivity contribution in [3.05, 3.63) is 0 Å². The van der Waals surface area contributed by atoms with Crippen molar-refractivity contribution in [2.75, 3.05) is 0 Å². The minimum atomic E-state index is 0.00947. The lowest BCUT2D eigenvalue weighted by atomic mass is 9.69. The van der Waals surface area contributed by atoms with Crippen molar-refractivity contribution in [3.63, 3.8) is 0 Å². The van der Waals surface area contributed by atoms with Crippen LogP contribution in [0.1, 0.15) is 6.42 Å². The van der Waals surface area contributed by atoms with Gasteiger partial charge in [-0.3, -0.25) is 0 Å². The molecule has 6 saturated carbocycles. The third-order valence-corrected chi connectivity index (χ3v) is 6.09. The SMILES string of the molecule is C#CC12C3C4C5CC(O)C(C43)C1C52. The quantitative estimate of drug-likeness (QED) is 0.534. The van der Waals surface area contributed by atoms with Crippen LogP contribution in [-0.2, 0) is 0 Å². The van der Waals surface area contributed by atoms with E-state index in [-0.39, 0.29) is 6.10 Å². The van der Waals surface area contributed by atoms with E-state index in [0.29, 0.717) is 11.3 Å². The predicted molar refractivity (Wildman–Crippen MR) is 46.3 cm³/mol. The summed E-state index contributed by atoms with van der Waals surface area (Å²) in [5, 5.41) is 9.95. The number of aliphatic hydroxyl groups excluding tert-OH is 1. The van der Waals surface area contributed by atoms with Crippen molar-refractivity contribution in [2.24, 2.45) is 46.8 Å². The Balaban J connectivity index is 1.81. The van der Waals surface area contributed by atoms with Gasteiger partial charge in [-0.15, -0.1) is 6.42 Å². The maximum atomic E-state index is 9.95. The van der Waals surface area contributed by atoms with E-state index < -0.39 is 0 Å². The summed E-state index contributed by atoms with van der Waals surface area (Å²) in [5.41, 5.74) is 0.322. The summed E-state index contributed by atoms with van der Waals surface area (Å²) in [5.74, 6) is 8.85. The largest absolute Gasteiger partial charge is 0.393 e. The average molecular weight is 172 g/mol. The molecule has 6 rings (SSSR count). The summed E-state index contributed by atoms with van der Waals surface area (Å²) in [6, 6.07) is 0. The van der Waals surface area contributed by atoms with E-state index in [1.165, 1.54) is 0 Å². The van der Waals surface area contributed by atoms with Crippen LogP contribution in [0.5, 0.6) is 0 Å². The van der Waals surface area contributed by atoms with Crippen LogP contribution in [-0.4, -0.2) is 11.2 Å². The normalized spacial score (nSPS) is 83.7. The van der Waals surface area contributed by atoms with E-state index in [1.54, 1.807) is 0 Å². The van der Waals surface area contributed by atoms with Crippen LogP contribution >= 0.6 is 0 Å². The summed E-state index contributed by atoms with van der Waals surface area (Å²) >= 11 is 0. The van der Waals surface area contributed by atoms with Crippen molar-refractivity contribution in [3.8, 4) is 12.3 Å². The Morgan fingerprint density at radius 2 is 2.00 bits per heavy atom. The first-order valence-corrected chi connectivity index (χ1v) is 5.48. The molecule has 9 atom stereocenters. The smallest absolute Gasteiger partial charge is 0.0577 e. The van der Waals surface area contributed by atoms with Gasteiger partial charge in [-0.2, -0.15) is 0 Å². The van der Waals surface area contributed by atoms with Crippen LogP contribution in [0.3, 0.4) is 0 Å². The summed E-state index contributed by atoms with van der Waals surface area (Å²) in [4.78, 5) is 0. The van der Waals surface area contributed by atoms with Gasteiger partial charge in [0.2, 0.25) is 0 Å². The highest BCUT2D eigenvalue weighted by atomic mass is 16.3. The molecule has 0 amide bonds. The zero-order valence-electron chi connectivity index (χ0n) is 7.35. The monoisotopic (exact) mass is 172 g/mol. The minimum Gasteiger partial charge on any atom is -0.393 e. The van der Waals surface area contributed by atoms with Crippen LogP contribution in [0.2, 0.25) is 0 Å². The Morgan fingerprint density at radius 3 is 2.54 bits per heavy atom. The van der Waals surface area contributed by atoms with Gasteiger partial charge in [0.05, 0.1) is 6.10 Å². The topological polar surface area (TPSA) is 20.2 Å². The Bertz CT molecular complexity index is 377. The van der Waals surface area contributed by atoms with Gasteiger partial charge in [-0.1, -0.05) is 5.92 Å². The Labute approximate surface area is 77.5 Å². The number of aliphatic hydroxyl groups is 1. The zero-order chi connectivity index (χ0) is 8.53. The maximum Gasteiger partial charge on any atom is 0.0577 e. The van der Waals surface area contributed by atoms with Gasteiger partial charge in [0, 0.05) is 5.41 Å². The maximum absolute atomic E-state index is 9.95. The molecule has 0 spiro atoms. The van der Waals surface area contributed by atoms with Gasteiger partial charge in [-0.25, -0.2) is 0 Å². The van der Waals surface area contributed by atoms with Gasteiger partial charge < -0.3 is 5.11 Å². The predicted octanol–water partition coefficient (Wildman–Crippen LogP) is 0.738. The summed E-state index contributed by atoms with van der Waals surface area (Å²) < 4.78 is 0. The highest BCUT2D eigenvalue weighted by molar-refractivity contribution is 5.48. The fourth-order valence-corrected chi connectivity index (χ4v) is 6.13. The molecule has 9 unspecified atom stereocenters. The molecule has 13 heavy (non-hydrogen) atoms. The first-order valence-electron chi connectivity index (χ1n) is 5.48. The van der Waals surface area contributed by atoms with E-state index in [0.717, 1.165) is 41.9 Å². The van der Waals surface area contributed by atoms with Crippen molar-refractivity contribution in [1.29, 1.82) is 0 Å². The van der Waals surface area contributed by atoms with E-state index in [2.05, 4.69) is 5.92 Å². The molecule has 0 aromatic rings. The highest BCUT2D eigenvalue weighted by Gasteiger charge is 2.96. The molecule has 66 valence electrons. The van der Waals surface area contributed by atoms with E-state index in [9.17, 15) is 5.11 Å². The fourth-order valence-electron chi connectivity index (χ4n) is 6.13. The van der Waals surface area contributed by atoms with Crippen molar-refractivity contribution < 1.29 is 5.11 Å². The first-order chi connectivity index (χ1) is 6.32. The van der Waals surface area contributed by atoms with E-state index in [1.807, 2.05) is 0 Å². The van der Waals surface area contributed by atoms with Gasteiger partial charge >= 0.3 is 0 Å². The molecule has 1 heteroatoms. The zero-order valence-corrected chi connectivity index (χ0v) is 7.35. The molecule has 1 N–H and O–H groups in total. The lowest BCUT2D eigenvalue weighted by molar-refractivity contribution is -0.0127. The Morgan fingerprint density at radius 1 is 1.15 bits per heavy atom. The minimum absolute atomic E-state index is 0.00947. The number of fused-ring (bicyclic) bond motifs is 1. The lowest BCUT2D eigenvalue weighted by Gasteiger charge is -2.38. The molecular formula is C12H12O. The van der Waals surface area contributed by atoms with Crippen molar-refractivity contribution in [2.45, 2.75) is 12.5 Å². The first kappa shape index (κ1) is 6.09. The number of terminal acetylenes is 1. The van der Waals surface area contributed by atoms with Gasteiger partial charge in [-0.05, 0) is 47.8 Å². The number of rotatable bonds is 0. The van der Waals surface area contributed by atoms with Gasteiger partial charge in [0.15, 0.2) is 0 Å². The van der Waals surface area contributed by atoms with Crippen LogP contribution in [0, 0.1) is 59.2 Å². The second-order valence-corrected chi connectivity index (χ2v) is 5.85. The number of hydrogen-bond donors (Lipinski definition) is 1. The third kappa shape index (κ3) is 0.327. The van der Waals surface area contributed by atoms with Gasteiger partial charge in [0.1, 0.15) is 0 Å². The molecule has 0 aromatic carbocycles. The van der Waals surface area contributed by atoms with Crippen molar-refractivity contribution in [1.82, 2.24) is 0 Å². The fraction of sp³-hybridized carbons (Fsp3) is 0.833. The van der Waals surface area contributed by atoms with Gasteiger partial charge in [0.25, 0.3) is 0 Å². The van der Waals surface area contributed by atoms with Crippen molar-refractivity contribution >= 4 is 0 Å². The standard InChI is InChI=1S/C12H12O/c1-2-12-9-4-3-5(13)7(11(9)12)8-6(4)10(8)12/h1,4-11,13H,3H2. The summed E-state index contributed by atoms with van der Waals surface area (Å²) in [7, 11) is 0. The molecule has 0 saturated heterocycles. The molecule has 6 aliphatic rings. The third-order valence-electron chi connectivity index (χ3n) is 6.09. The molecule has 0 heterocycles. The summed E-state index contributed by atoms with van der Waals surface area (Å²) in [6.07, 6.45) is 6.80. The van der Waals surface area contributed by atoms with Crippen LogP contribution in [0.4, 0.5) is 0 Å². The molecule has 6 fully saturated rings. The Hall–Kier alpha value is -0.480. The molecular weight excluding hydrogens is 160 g/mol.